The lowest BCUT2D eigenvalue weighted by Gasteiger charge is -2.35. The fourth-order valence-corrected chi connectivity index (χ4v) is 5.29. The van der Waals surface area contributed by atoms with Gasteiger partial charge < -0.3 is 14.9 Å². The zero-order valence-corrected chi connectivity index (χ0v) is 17.2. The summed E-state index contributed by atoms with van der Waals surface area (Å²) in [7, 11) is 1.45. The van der Waals surface area contributed by atoms with Gasteiger partial charge in [-0.3, -0.25) is 4.79 Å². The zero-order chi connectivity index (χ0) is 19.3. The molecule has 4 nitrogen and oxygen atoms in total. The normalized spacial score (nSPS) is 35.7. The standard InChI is InChI=1S/C22H40O4/c1-14(6-10-22(25)26-4)17-7-8-18(11-17)16(3)21(24)13-19-12-20(23)9-5-15(19)2/h14-21,23-24H,5-13H2,1-4H3/t14-,15?,16-,17?,18-,19?,20-,21-/m1/s1. The molecule has 26 heavy (non-hydrogen) atoms. The summed E-state index contributed by atoms with van der Waals surface area (Å²) >= 11 is 0. The lowest BCUT2D eigenvalue weighted by molar-refractivity contribution is -0.141. The van der Waals surface area contributed by atoms with Crippen LogP contribution < -0.4 is 0 Å². The van der Waals surface area contributed by atoms with E-state index in [0.717, 1.165) is 32.1 Å². The van der Waals surface area contributed by atoms with Crippen LogP contribution in [0.4, 0.5) is 0 Å². The Hall–Kier alpha value is -0.610. The minimum atomic E-state index is -0.262. The van der Waals surface area contributed by atoms with Gasteiger partial charge in [0.25, 0.3) is 0 Å². The van der Waals surface area contributed by atoms with Crippen molar-refractivity contribution in [3.8, 4) is 0 Å². The predicted octanol–water partition coefficient (Wildman–Crippen LogP) is 4.18. The van der Waals surface area contributed by atoms with Crippen LogP contribution in [0.3, 0.4) is 0 Å². The number of hydrogen-bond donors (Lipinski definition) is 2. The SMILES string of the molecule is COC(=O)CC[C@@H](C)C1CC[C@@H]([C@@H](C)[C@H](O)CC2C[C@H](O)CCC2C)C1. The van der Waals surface area contributed by atoms with E-state index < -0.39 is 0 Å². The van der Waals surface area contributed by atoms with E-state index in [0.29, 0.717) is 41.9 Å². The molecule has 2 saturated carbocycles. The fraction of sp³-hybridized carbons (Fsp3) is 0.955. The second kappa shape index (κ2) is 10.1. The fourth-order valence-electron chi connectivity index (χ4n) is 5.29. The molecule has 2 rings (SSSR count). The van der Waals surface area contributed by atoms with Gasteiger partial charge >= 0.3 is 5.97 Å². The molecule has 0 aromatic rings. The van der Waals surface area contributed by atoms with E-state index in [1.807, 2.05) is 0 Å². The van der Waals surface area contributed by atoms with Crippen molar-refractivity contribution >= 4 is 5.97 Å². The molecule has 0 aliphatic heterocycles. The summed E-state index contributed by atoms with van der Waals surface area (Å²) in [6, 6.07) is 0. The lowest BCUT2D eigenvalue weighted by Crippen LogP contribution is -2.33. The van der Waals surface area contributed by atoms with Crippen molar-refractivity contribution in [2.45, 2.75) is 90.8 Å². The maximum Gasteiger partial charge on any atom is 0.305 e. The van der Waals surface area contributed by atoms with E-state index in [1.54, 1.807) is 0 Å². The molecule has 0 radical (unpaired) electrons. The van der Waals surface area contributed by atoms with Gasteiger partial charge in [0, 0.05) is 6.42 Å². The zero-order valence-electron chi connectivity index (χ0n) is 17.2. The molecule has 0 amide bonds. The van der Waals surface area contributed by atoms with Crippen LogP contribution in [0.2, 0.25) is 0 Å². The highest BCUT2D eigenvalue weighted by Crippen LogP contribution is 2.43. The molecule has 0 aromatic heterocycles. The number of rotatable bonds is 8. The molecule has 0 aromatic carbocycles. The predicted molar refractivity (Wildman–Crippen MR) is 104 cm³/mol. The Morgan fingerprint density at radius 2 is 1.81 bits per heavy atom. The van der Waals surface area contributed by atoms with Crippen LogP contribution in [0, 0.1) is 35.5 Å². The maximum absolute atomic E-state index is 11.4. The first-order valence-corrected chi connectivity index (χ1v) is 10.7. The van der Waals surface area contributed by atoms with E-state index in [-0.39, 0.29) is 18.2 Å². The van der Waals surface area contributed by atoms with Gasteiger partial charge in [-0.2, -0.15) is 0 Å². The highest BCUT2D eigenvalue weighted by molar-refractivity contribution is 5.69. The minimum absolute atomic E-state index is 0.112. The molecule has 3 unspecified atom stereocenters. The highest BCUT2D eigenvalue weighted by atomic mass is 16.5. The third-order valence-electron chi connectivity index (χ3n) is 7.58. The summed E-state index contributed by atoms with van der Waals surface area (Å²) in [4.78, 5) is 11.4. The smallest absolute Gasteiger partial charge is 0.305 e. The lowest BCUT2D eigenvalue weighted by atomic mass is 9.73. The monoisotopic (exact) mass is 368 g/mol. The van der Waals surface area contributed by atoms with Crippen molar-refractivity contribution in [2.24, 2.45) is 35.5 Å². The Morgan fingerprint density at radius 3 is 2.50 bits per heavy atom. The first-order chi connectivity index (χ1) is 12.3. The Bertz CT molecular complexity index is 438. The number of carbonyl (C=O) groups excluding carboxylic acids is 1. The van der Waals surface area contributed by atoms with Crippen molar-refractivity contribution in [1.29, 1.82) is 0 Å². The first kappa shape index (κ1) is 21.7. The average molecular weight is 369 g/mol. The topological polar surface area (TPSA) is 66.8 Å². The number of ether oxygens (including phenoxy) is 1. The molecule has 152 valence electrons. The molecule has 2 aliphatic carbocycles. The Morgan fingerprint density at radius 1 is 1.12 bits per heavy atom. The van der Waals surface area contributed by atoms with Crippen LogP contribution in [-0.4, -0.2) is 35.5 Å². The van der Waals surface area contributed by atoms with Crippen LogP contribution in [0.1, 0.15) is 78.6 Å². The molecule has 4 heteroatoms. The quantitative estimate of drug-likeness (QED) is 0.631. The molecular weight excluding hydrogens is 328 g/mol. The van der Waals surface area contributed by atoms with Gasteiger partial charge in [-0.15, -0.1) is 0 Å². The van der Waals surface area contributed by atoms with Crippen molar-refractivity contribution in [3.63, 3.8) is 0 Å². The van der Waals surface area contributed by atoms with Gasteiger partial charge in [-0.05, 0) is 86.9 Å². The van der Waals surface area contributed by atoms with Crippen molar-refractivity contribution in [3.05, 3.63) is 0 Å². The molecule has 2 fully saturated rings. The molecule has 0 spiro atoms. The van der Waals surface area contributed by atoms with E-state index in [4.69, 9.17) is 4.74 Å². The van der Waals surface area contributed by atoms with E-state index in [9.17, 15) is 15.0 Å². The van der Waals surface area contributed by atoms with Crippen molar-refractivity contribution in [2.75, 3.05) is 7.11 Å². The van der Waals surface area contributed by atoms with Crippen LogP contribution >= 0.6 is 0 Å². The Balaban J connectivity index is 1.78. The molecule has 0 heterocycles. The summed E-state index contributed by atoms with van der Waals surface area (Å²) in [5.41, 5.74) is 0. The summed E-state index contributed by atoms with van der Waals surface area (Å²) in [6.45, 7) is 6.73. The first-order valence-electron chi connectivity index (χ1n) is 10.7. The third kappa shape index (κ3) is 5.95. The summed E-state index contributed by atoms with van der Waals surface area (Å²) in [6.07, 6.45) is 8.22. The minimum Gasteiger partial charge on any atom is -0.469 e. The van der Waals surface area contributed by atoms with E-state index in [1.165, 1.54) is 26.4 Å². The second-order valence-corrected chi connectivity index (χ2v) is 9.29. The number of aliphatic hydroxyl groups excluding tert-OH is 2. The largest absolute Gasteiger partial charge is 0.469 e. The van der Waals surface area contributed by atoms with Gasteiger partial charge in [0.15, 0.2) is 0 Å². The Kier molecular flexibility index (Phi) is 8.41. The molecule has 2 aliphatic rings. The summed E-state index contributed by atoms with van der Waals surface area (Å²) in [5, 5.41) is 20.8. The molecule has 8 atom stereocenters. The highest BCUT2D eigenvalue weighted by Gasteiger charge is 2.36. The van der Waals surface area contributed by atoms with Crippen molar-refractivity contribution < 1.29 is 19.7 Å². The van der Waals surface area contributed by atoms with Crippen LogP contribution in [-0.2, 0) is 9.53 Å². The van der Waals surface area contributed by atoms with E-state index >= 15 is 0 Å². The van der Waals surface area contributed by atoms with Crippen LogP contribution in [0.25, 0.3) is 0 Å². The number of aliphatic hydroxyl groups is 2. The number of carbonyl (C=O) groups is 1. The van der Waals surface area contributed by atoms with Crippen LogP contribution in [0.5, 0.6) is 0 Å². The van der Waals surface area contributed by atoms with Gasteiger partial charge in [0.1, 0.15) is 0 Å². The van der Waals surface area contributed by atoms with E-state index in [2.05, 4.69) is 20.8 Å². The summed E-state index contributed by atoms with van der Waals surface area (Å²) < 4.78 is 4.75. The molecular formula is C22H40O4. The third-order valence-corrected chi connectivity index (χ3v) is 7.58. The maximum atomic E-state index is 11.4. The molecule has 0 saturated heterocycles. The van der Waals surface area contributed by atoms with Gasteiger partial charge in [0.05, 0.1) is 19.3 Å². The second-order valence-electron chi connectivity index (χ2n) is 9.29. The van der Waals surface area contributed by atoms with Gasteiger partial charge in [-0.25, -0.2) is 0 Å². The van der Waals surface area contributed by atoms with Crippen molar-refractivity contribution in [1.82, 2.24) is 0 Å². The molecule has 0 bridgehead atoms. The number of esters is 1. The van der Waals surface area contributed by atoms with Crippen LogP contribution in [0.15, 0.2) is 0 Å². The number of hydrogen-bond acceptors (Lipinski definition) is 4. The van der Waals surface area contributed by atoms with Gasteiger partial charge in [-0.1, -0.05) is 20.8 Å². The number of methoxy groups -OCH3 is 1. The summed E-state index contributed by atoms with van der Waals surface area (Å²) in [5.74, 6) is 3.05. The Labute approximate surface area is 159 Å². The molecule has 2 N–H and O–H groups in total. The van der Waals surface area contributed by atoms with Gasteiger partial charge in [0.2, 0.25) is 0 Å². The average Bonchev–Trinajstić information content (AvgIpc) is 3.11.